The van der Waals surface area contributed by atoms with Gasteiger partial charge in [0.1, 0.15) is 5.75 Å². The van der Waals surface area contributed by atoms with Crippen molar-refractivity contribution < 1.29 is 28.0 Å². The molecule has 0 aliphatic carbocycles. The molecular weight excluding hydrogens is 645 g/mol. The number of fused-ring (bicyclic) bond motifs is 1. The minimum absolute atomic E-state index is 0. The maximum atomic E-state index is 9.65. The van der Waals surface area contributed by atoms with Crippen LogP contribution in [0.25, 0.3) is 33.3 Å². The minimum atomic E-state index is -1.41. The molecule has 0 fully saturated rings. The molecule has 0 spiro atoms. The Balaban J connectivity index is 0.000000250. The second-order valence-electron chi connectivity index (χ2n) is 10.5. The Hall–Kier alpha value is -3.33. The summed E-state index contributed by atoms with van der Waals surface area (Å²) in [6.07, 6.45) is 2.10. The Kier molecular flexibility index (Phi) is 8.63. The molecule has 2 aromatic heterocycles. The van der Waals surface area contributed by atoms with Crippen LogP contribution < -0.4 is 0 Å². The van der Waals surface area contributed by atoms with Crippen molar-refractivity contribution in [2.45, 2.75) is 47.9 Å². The molecule has 2 heterocycles. The molecular formula is C34H35IrN2O-. The zero-order valence-electron chi connectivity index (χ0n) is 24.8. The van der Waals surface area contributed by atoms with E-state index in [2.05, 4.69) is 35.1 Å². The molecule has 5 rings (SSSR count). The molecule has 0 atom stereocenters. The number of hydrogen-bond donors (Lipinski definition) is 1. The summed E-state index contributed by atoms with van der Waals surface area (Å²) in [6, 6.07) is 26.5. The van der Waals surface area contributed by atoms with E-state index in [9.17, 15) is 5.11 Å². The fourth-order valence-corrected chi connectivity index (χ4v) is 4.30. The van der Waals surface area contributed by atoms with E-state index in [-0.39, 0.29) is 25.9 Å². The predicted octanol–water partition coefficient (Wildman–Crippen LogP) is 8.67. The molecule has 1 radical (unpaired) electrons. The smallest absolute Gasteiger partial charge is 0.124 e. The van der Waals surface area contributed by atoms with E-state index in [1.807, 2.05) is 89.2 Å². The van der Waals surface area contributed by atoms with Crippen LogP contribution in [0.2, 0.25) is 0 Å². The van der Waals surface area contributed by atoms with Gasteiger partial charge in [0.2, 0.25) is 0 Å². The van der Waals surface area contributed by atoms with Gasteiger partial charge in [-0.25, -0.2) is 0 Å². The van der Waals surface area contributed by atoms with Gasteiger partial charge in [-0.3, -0.25) is 4.98 Å². The van der Waals surface area contributed by atoms with Gasteiger partial charge in [-0.1, -0.05) is 70.5 Å². The number of aryl methyl sites for hydroxylation is 3. The van der Waals surface area contributed by atoms with Gasteiger partial charge in [0.05, 0.1) is 5.69 Å². The summed E-state index contributed by atoms with van der Waals surface area (Å²) in [5.74, 6) is 0.273. The number of aromatic hydroxyl groups is 1. The summed E-state index contributed by atoms with van der Waals surface area (Å²) in [4.78, 5) is 8.77. The molecule has 197 valence electrons. The fraction of sp³-hybridized carbons (Fsp3) is 0.235. The van der Waals surface area contributed by atoms with Crippen LogP contribution in [-0.4, -0.2) is 15.1 Å². The van der Waals surface area contributed by atoms with Crippen LogP contribution in [0.5, 0.6) is 5.75 Å². The quantitative estimate of drug-likeness (QED) is 0.194. The third kappa shape index (κ3) is 7.60. The van der Waals surface area contributed by atoms with Crippen molar-refractivity contribution in [1.29, 1.82) is 0 Å². The van der Waals surface area contributed by atoms with E-state index >= 15 is 0 Å². The van der Waals surface area contributed by atoms with Gasteiger partial charge >= 0.3 is 0 Å². The Morgan fingerprint density at radius 1 is 0.842 bits per heavy atom. The number of rotatable bonds is 3. The van der Waals surface area contributed by atoms with Crippen LogP contribution in [0.4, 0.5) is 0 Å². The molecule has 0 saturated heterocycles. The van der Waals surface area contributed by atoms with Crippen LogP contribution >= 0.6 is 0 Å². The zero-order chi connectivity index (χ0) is 28.4. The average Bonchev–Trinajstić information content (AvgIpc) is 2.89. The van der Waals surface area contributed by atoms with Gasteiger partial charge in [0.15, 0.2) is 0 Å². The van der Waals surface area contributed by atoms with E-state index in [1.54, 1.807) is 18.5 Å². The van der Waals surface area contributed by atoms with Crippen molar-refractivity contribution in [3.8, 4) is 28.3 Å². The number of phenols is 1. The first-order valence-corrected chi connectivity index (χ1v) is 12.5. The van der Waals surface area contributed by atoms with Gasteiger partial charge in [-0.05, 0) is 71.1 Å². The standard InChI is InChI=1S/C22H24N.C12H11NO.Ir/c1-15-10-16(2)12-19(11-15)21-20-7-6-17(14-22(3,4)5)13-18(20)8-9-23-21;1-9-5-6-12(14)10(8-9)11-4-2-3-7-13-11;/h6-11,13H,14H2,1-5H3;2-8,14H,1H3;/q-1;;/i14D2;;. The summed E-state index contributed by atoms with van der Waals surface area (Å²) in [5.41, 5.74) is 7.08. The largest absolute Gasteiger partial charge is 0.507 e. The third-order valence-corrected chi connectivity index (χ3v) is 5.78. The van der Waals surface area contributed by atoms with E-state index in [0.29, 0.717) is 5.56 Å². The van der Waals surface area contributed by atoms with Crippen molar-refractivity contribution in [2.75, 3.05) is 0 Å². The van der Waals surface area contributed by atoms with E-state index in [0.717, 1.165) is 44.4 Å². The number of benzene rings is 3. The second kappa shape index (κ2) is 12.5. The molecule has 0 aliphatic heterocycles. The van der Waals surface area contributed by atoms with Crippen molar-refractivity contribution in [3.63, 3.8) is 0 Å². The van der Waals surface area contributed by atoms with Gasteiger partial charge in [-0.15, -0.1) is 34.9 Å². The summed E-state index contributed by atoms with van der Waals surface area (Å²) in [5, 5.41) is 11.7. The number of hydrogen-bond acceptors (Lipinski definition) is 3. The maximum Gasteiger partial charge on any atom is 0.124 e. The molecule has 5 aromatic rings. The summed E-state index contributed by atoms with van der Waals surface area (Å²) in [6.45, 7) is 11.9. The topological polar surface area (TPSA) is 46.0 Å². The predicted molar refractivity (Wildman–Crippen MR) is 155 cm³/mol. The van der Waals surface area contributed by atoms with Crippen LogP contribution in [0.1, 0.15) is 45.8 Å². The molecule has 3 aromatic carbocycles. The number of aromatic nitrogens is 2. The second-order valence-corrected chi connectivity index (χ2v) is 10.5. The summed E-state index contributed by atoms with van der Waals surface area (Å²) >= 11 is 0. The van der Waals surface area contributed by atoms with Crippen LogP contribution in [0.15, 0.2) is 85.2 Å². The SMILES string of the molecule is Cc1ccc(O)c(-c2ccccn2)c1.[2H]C([2H])(c1ccc2c(-c3[c-]c(C)cc(C)c3)nccc2c1)C(C)(C)C.[Ir]. The molecule has 0 aliphatic rings. The first kappa shape index (κ1) is 26.3. The normalized spacial score (nSPS) is 12.1. The van der Waals surface area contributed by atoms with Crippen molar-refractivity contribution in [1.82, 2.24) is 9.97 Å². The molecule has 4 heteroatoms. The van der Waals surface area contributed by atoms with Crippen LogP contribution in [-0.2, 0) is 26.5 Å². The van der Waals surface area contributed by atoms with Gasteiger partial charge in [0, 0.05) is 40.8 Å². The first-order valence-electron chi connectivity index (χ1n) is 13.5. The number of nitrogens with zero attached hydrogens (tertiary/aromatic N) is 2. The molecule has 0 bridgehead atoms. The molecule has 1 N–H and O–H groups in total. The molecule has 0 saturated carbocycles. The van der Waals surface area contributed by atoms with E-state index < -0.39 is 11.8 Å². The van der Waals surface area contributed by atoms with E-state index in [1.165, 1.54) is 5.56 Å². The number of phenolic OH excluding ortho intramolecular Hbond substituents is 1. The Morgan fingerprint density at radius 2 is 1.63 bits per heavy atom. The van der Waals surface area contributed by atoms with Crippen molar-refractivity contribution in [3.05, 3.63) is 114 Å². The fourth-order valence-electron chi connectivity index (χ4n) is 4.30. The van der Waals surface area contributed by atoms with Gasteiger partial charge < -0.3 is 10.1 Å². The number of pyridine rings is 2. The first-order chi connectivity index (χ1) is 18.4. The minimum Gasteiger partial charge on any atom is -0.507 e. The monoisotopic (exact) mass is 682 g/mol. The van der Waals surface area contributed by atoms with Crippen molar-refractivity contribution >= 4 is 10.8 Å². The summed E-state index contributed by atoms with van der Waals surface area (Å²) < 4.78 is 17.0. The summed E-state index contributed by atoms with van der Waals surface area (Å²) in [7, 11) is 0. The Morgan fingerprint density at radius 3 is 2.32 bits per heavy atom. The van der Waals surface area contributed by atoms with Gasteiger partial charge in [-0.2, -0.15) is 0 Å². The molecule has 38 heavy (non-hydrogen) atoms. The zero-order valence-corrected chi connectivity index (χ0v) is 25.2. The van der Waals surface area contributed by atoms with Crippen LogP contribution in [0, 0.1) is 32.3 Å². The maximum absolute atomic E-state index is 9.65. The van der Waals surface area contributed by atoms with Crippen molar-refractivity contribution in [2.24, 2.45) is 5.41 Å². The average molecular weight is 682 g/mol. The van der Waals surface area contributed by atoms with E-state index in [4.69, 9.17) is 2.74 Å². The molecule has 0 amide bonds. The molecule has 0 unspecified atom stereocenters. The Bertz CT molecular complexity index is 1590. The van der Waals surface area contributed by atoms with Gasteiger partial charge in [0.25, 0.3) is 0 Å². The van der Waals surface area contributed by atoms with Crippen LogP contribution in [0.3, 0.4) is 0 Å². The third-order valence-electron chi connectivity index (χ3n) is 5.78. The Labute approximate surface area is 243 Å². The molecule has 3 nitrogen and oxygen atoms in total.